The zero-order chi connectivity index (χ0) is 15.7. The lowest BCUT2D eigenvalue weighted by Gasteiger charge is -2.22. The number of aryl methyl sites for hydroxylation is 2. The Kier molecular flexibility index (Phi) is 4.00. The smallest absolute Gasteiger partial charge is 0.277 e. The van der Waals surface area contributed by atoms with E-state index < -0.39 is 0 Å². The molecule has 1 saturated carbocycles. The van der Waals surface area contributed by atoms with Gasteiger partial charge >= 0.3 is 0 Å². The average molecular weight is 302 g/mol. The first-order chi connectivity index (χ1) is 10.6. The Bertz CT molecular complexity index is 753. The summed E-state index contributed by atoms with van der Waals surface area (Å²) < 4.78 is 3.05. The molecular formula is C16H22N4O2. The summed E-state index contributed by atoms with van der Waals surface area (Å²) in [5.74, 6) is -0.0905. The molecule has 0 aliphatic heterocycles. The van der Waals surface area contributed by atoms with Gasteiger partial charge in [0.05, 0.1) is 5.69 Å². The Morgan fingerprint density at radius 3 is 2.82 bits per heavy atom. The first-order valence-corrected chi connectivity index (χ1v) is 7.88. The number of aromatic nitrogens is 3. The van der Waals surface area contributed by atoms with Gasteiger partial charge in [-0.15, -0.1) is 0 Å². The van der Waals surface area contributed by atoms with Crippen LogP contribution in [0.2, 0.25) is 0 Å². The highest BCUT2D eigenvalue weighted by Gasteiger charge is 2.17. The predicted molar refractivity (Wildman–Crippen MR) is 84.7 cm³/mol. The van der Waals surface area contributed by atoms with Crippen LogP contribution < -0.4 is 10.9 Å². The van der Waals surface area contributed by atoms with Crippen LogP contribution in [0, 0.1) is 6.92 Å². The first kappa shape index (κ1) is 14.8. The Morgan fingerprint density at radius 1 is 1.36 bits per heavy atom. The third kappa shape index (κ3) is 2.77. The second-order valence-corrected chi connectivity index (χ2v) is 6.12. The summed E-state index contributed by atoms with van der Waals surface area (Å²) in [7, 11) is 1.75. The third-order valence-corrected chi connectivity index (χ3v) is 4.44. The molecule has 118 valence electrons. The predicted octanol–water partition coefficient (Wildman–Crippen LogP) is 1.49. The van der Waals surface area contributed by atoms with Gasteiger partial charge in [-0.1, -0.05) is 19.3 Å². The normalized spacial score (nSPS) is 16.1. The molecule has 0 spiro atoms. The lowest BCUT2D eigenvalue weighted by molar-refractivity contribution is -0.122. The number of nitrogens with one attached hydrogen (secondary N) is 1. The molecule has 2 heterocycles. The van der Waals surface area contributed by atoms with Crippen molar-refractivity contribution in [2.45, 2.75) is 51.6 Å². The van der Waals surface area contributed by atoms with Crippen LogP contribution in [-0.4, -0.2) is 26.3 Å². The van der Waals surface area contributed by atoms with Crippen LogP contribution in [-0.2, 0) is 18.4 Å². The van der Waals surface area contributed by atoms with E-state index in [4.69, 9.17) is 0 Å². The van der Waals surface area contributed by atoms with Gasteiger partial charge in [0.2, 0.25) is 5.91 Å². The number of hydrogen-bond donors (Lipinski definition) is 1. The highest BCUT2D eigenvalue weighted by Crippen LogP contribution is 2.17. The molecule has 1 aliphatic carbocycles. The molecule has 0 radical (unpaired) electrons. The van der Waals surface area contributed by atoms with Crippen LogP contribution in [0.3, 0.4) is 0 Å². The lowest BCUT2D eigenvalue weighted by Crippen LogP contribution is -2.39. The largest absolute Gasteiger partial charge is 0.352 e. The van der Waals surface area contributed by atoms with Crippen LogP contribution in [0.5, 0.6) is 0 Å². The molecule has 1 N–H and O–H groups in total. The van der Waals surface area contributed by atoms with Gasteiger partial charge in [0.15, 0.2) is 0 Å². The summed E-state index contributed by atoms with van der Waals surface area (Å²) in [6.45, 7) is 1.94. The fourth-order valence-corrected chi connectivity index (χ4v) is 3.30. The molecule has 0 aromatic carbocycles. The third-order valence-electron chi connectivity index (χ3n) is 4.44. The molecule has 22 heavy (non-hydrogen) atoms. The molecule has 6 heteroatoms. The van der Waals surface area contributed by atoms with E-state index in [0.29, 0.717) is 5.52 Å². The summed E-state index contributed by atoms with van der Waals surface area (Å²) in [5.41, 5.74) is 1.21. The maximum Gasteiger partial charge on any atom is 0.277 e. The second-order valence-electron chi connectivity index (χ2n) is 6.12. The van der Waals surface area contributed by atoms with Gasteiger partial charge in [0, 0.05) is 24.7 Å². The van der Waals surface area contributed by atoms with Crippen molar-refractivity contribution in [1.29, 1.82) is 0 Å². The van der Waals surface area contributed by atoms with Gasteiger partial charge in [0.1, 0.15) is 12.1 Å². The van der Waals surface area contributed by atoms with Crippen molar-refractivity contribution < 1.29 is 4.79 Å². The quantitative estimate of drug-likeness (QED) is 0.934. The Morgan fingerprint density at radius 2 is 2.09 bits per heavy atom. The van der Waals surface area contributed by atoms with Crippen molar-refractivity contribution in [1.82, 2.24) is 19.7 Å². The highest BCUT2D eigenvalue weighted by molar-refractivity contribution is 5.81. The SMILES string of the molecule is Cc1nn(C)c2c(=O)n(CC(=O)NC3CCCCC3)ccc12. The maximum atomic E-state index is 12.5. The number of amides is 1. The number of nitrogens with zero attached hydrogens (tertiary/aromatic N) is 3. The second kappa shape index (κ2) is 5.94. The van der Waals surface area contributed by atoms with Crippen molar-refractivity contribution in [3.63, 3.8) is 0 Å². The van der Waals surface area contributed by atoms with E-state index in [9.17, 15) is 9.59 Å². The number of fused-ring (bicyclic) bond motifs is 1. The maximum absolute atomic E-state index is 12.5. The van der Waals surface area contributed by atoms with Crippen LogP contribution in [0.1, 0.15) is 37.8 Å². The standard InChI is InChI=1S/C16H22N4O2/c1-11-13-8-9-20(16(22)15(13)19(2)18-11)10-14(21)17-12-6-4-3-5-7-12/h8-9,12H,3-7,10H2,1-2H3,(H,17,21). The lowest BCUT2D eigenvalue weighted by atomic mass is 9.95. The van der Waals surface area contributed by atoms with Crippen LogP contribution >= 0.6 is 0 Å². The zero-order valence-electron chi connectivity index (χ0n) is 13.1. The number of pyridine rings is 1. The van der Waals surface area contributed by atoms with Crippen molar-refractivity contribution in [3.05, 3.63) is 28.3 Å². The molecule has 0 unspecified atom stereocenters. The molecule has 1 aliphatic rings. The minimum absolute atomic E-state index is 0.0650. The zero-order valence-corrected chi connectivity index (χ0v) is 13.1. The summed E-state index contributed by atoms with van der Waals surface area (Å²) in [4.78, 5) is 24.7. The van der Waals surface area contributed by atoms with Gasteiger partial charge in [0.25, 0.3) is 5.56 Å². The molecule has 3 rings (SSSR count). The topological polar surface area (TPSA) is 68.9 Å². The van der Waals surface area contributed by atoms with E-state index in [1.807, 2.05) is 13.0 Å². The summed E-state index contributed by atoms with van der Waals surface area (Å²) >= 11 is 0. The van der Waals surface area contributed by atoms with Crippen molar-refractivity contribution >= 4 is 16.8 Å². The molecule has 0 bridgehead atoms. The van der Waals surface area contributed by atoms with Gasteiger partial charge in [-0.2, -0.15) is 5.10 Å². The minimum atomic E-state index is -0.167. The van der Waals surface area contributed by atoms with E-state index in [0.717, 1.165) is 23.9 Å². The van der Waals surface area contributed by atoms with E-state index in [-0.39, 0.29) is 24.1 Å². The summed E-state index contributed by atoms with van der Waals surface area (Å²) in [5, 5.41) is 8.15. The van der Waals surface area contributed by atoms with E-state index in [1.165, 1.54) is 23.8 Å². The first-order valence-electron chi connectivity index (χ1n) is 7.88. The molecular weight excluding hydrogens is 280 g/mol. The van der Waals surface area contributed by atoms with Gasteiger partial charge < -0.3 is 9.88 Å². The molecule has 6 nitrogen and oxygen atoms in total. The van der Waals surface area contributed by atoms with Crippen molar-refractivity contribution in [3.8, 4) is 0 Å². The van der Waals surface area contributed by atoms with Gasteiger partial charge in [-0.25, -0.2) is 0 Å². The Balaban J connectivity index is 1.79. The minimum Gasteiger partial charge on any atom is -0.352 e. The van der Waals surface area contributed by atoms with Crippen LogP contribution in [0.4, 0.5) is 0 Å². The molecule has 2 aromatic heterocycles. The molecule has 2 aromatic rings. The highest BCUT2D eigenvalue weighted by atomic mass is 16.2. The van der Waals surface area contributed by atoms with Gasteiger partial charge in [-0.05, 0) is 25.8 Å². The summed E-state index contributed by atoms with van der Waals surface area (Å²) in [6, 6.07) is 2.12. The molecule has 0 saturated heterocycles. The molecule has 1 fully saturated rings. The molecule has 1 amide bonds. The Hall–Kier alpha value is -2.11. The number of rotatable bonds is 3. The number of hydrogen-bond acceptors (Lipinski definition) is 3. The van der Waals surface area contributed by atoms with E-state index in [1.54, 1.807) is 17.9 Å². The number of carbonyl (C=O) groups is 1. The van der Waals surface area contributed by atoms with Crippen LogP contribution in [0.15, 0.2) is 17.1 Å². The van der Waals surface area contributed by atoms with Crippen molar-refractivity contribution in [2.75, 3.05) is 0 Å². The fourth-order valence-electron chi connectivity index (χ4n) is 3.30. The molecule has 0 atom stereocenters. The summed E-state index contributed by atoms with van der Waals surface area (Å²) in [6.07, 6.45) is 7.36. The van der Waals surface area contributed by atoms with E-state index in [2.05, 4.69) is 10.4 Å². The number of carbonyl (C=O) groups excluding carboxylic acids is 1. The fraction of sp³-hybridized carbons (Fsp3) is 0.562. The van der Waals surface area contributed by atoms with Crippen LogP contribution in [0.25, 0.3) is 10.9 Å². The average Bonchev–Trinajstić information content (AvgIpc) is 2.78. The Labute approximate surface area is 129 Å². The monoisotopic (exact) mass is 302 g/mol. The van der Waals surface area contributed by atoms with Gasteiger partial charge in [-0.3, -0.25) is 14.3 Å². The van der Waals surface area contributed by atoms with Crippen molar-refractivity contribution in [2.24, 2.45) is 7.05 Å². The van der Waals surface area contributed by atoms with E-state index >= 15 is 0 Å².